The van der Waals surface area contributed by atoms with Crippen molar-refractivity contribution < 1.29 is 25.5 Å². The molecule has 0 aromatic heterocycles. The summed E-state index contributed by atoms with van der Waals surface area (Å²) in [6, 6.07) is 0. The molecule has 0 aliphatic heterocycles. The lowest BCUT2D eigenvalue weighted by Crippen LogP contribution is -2.39. The van der Waals surface area contributed by atoms with Gasteiger partial charge in [0.25, 0.3) is 0 Å². The minimum Gasteiger partial charge on any atom is -0.393 e. The predicted molar refractivity (Wildman–Crippen MR) is 150 cm³/mol. The first-order valence-electron chi connectivity index (χ1n) is 14.7. The summed E-state index contributed by atoms with van der Waals surface area (Å²) in [5, 5.41) is 51.5. The van der Waals surface area contributed by atoms with Crippen LogP contribution < -0.4 is 0 Å². The molecule has 212 valence electrons. The van der Waals surface area contributed by atoms with Gasteiger partial charge in [-0.2, -0.15) is 0 Å². The highest BCUT2D eigenvalue weighted by Gasteiger charge is 2.51. The van der Waals surface area contributed by atoms with Crippen molar-refractivity contribution in [2.24, 2.45) is 23.2 Å². The Bertz CT molecular complexity index is 844. The molecule has 0 amide bonds. The van der Waals surface area contributed by atoms with E-state index < -0.39 is 29.5 Å². The number of allylic oxidation sites excluding steroid dienone is 3. The van der Waals surface area contributed by atoms with E-state index in [0.717, 1.165) is 49.7 Å². The van der Waals surface area contributed by atoms with Crippen LogP contribution in [0.15, 0.2) is 35.5 Å². The highest BCUT2D eigenvalue weighted by Crippen LogP contribution is 2.60. The zero-order valence-corrected chi connectivity index (χ0v) is 24.0. The fourth-order valence-corrected chi connectivity index (χ4v) is 7.59. The molecule has 7 atom stereocenters. The van der Waals surface area contributed by atoms with Gasteiger partial charge in [-0.25, -0.2) is 0 Å². The van der Waals surface area contributed by atoms with Crippen LogP contribution in [0.2, 0.25) is 0 Å². The summed E-state index contributed by atoms with van der Waals surface area (Å²) in [6.45, 7) is 13.7. The van der Waals surface area contributed by atoms with Crippen LogP contribution in [0.3, 0.4) is 0 Å². The molecule has 0 bridgehead atoms. The summed E-state index contributed by atoms with van der Waals surface area (Å²) in [6.07, 6.45) is 13.4. The van der Waals surface area contributed by atoms with Gasteiger partial charge in [-0.1, -0.05) is 44.1 Å². The lowest BCUT2D eigenvalue weighted by atomic mass is 9.60. The molecule has 0 aromatic rings. The van der Waals surface area contributed by atoms with Gasteiger partial charge < -0.3 is 25.5 Å². The Labute approximate surface area is 225 Å². The van der Waals surface area contributed by atoms with Gasteiger partial charge in [-0.05, 0) is 120 Å². The number of rotatable bonds is 10. The highest BCUT2D eigenvalue weighted by molar-refractivity contribution is 5.38. The maximum Gasteiger partial charge on any atom is 0.0849 e. The van der Waals surface area contributed by atoms with Crippen molar-refractivity contribution in [3.63, 3.8) is 0 Å². The molecule has 0 radical (unpaired) electrons. The third kappa shape index (κ3) is 7.79. The standard InChI is InChI=1S/C32H54O5/c1-21-24(19-25(33)20-28(21)34)12-11-22-10-8-18-32(6)26(22)14-15-27(32)23(9-7-17-30(2,3)36)13-16-29(35)31(4,5)37/h11-12,23,25-29,33-37H,1,7-10,13-20H2,2-6H3/b22-11+,24-12-/t23-,25+,26?,27+,28-,29+,32-/m0/s1. The lowest BCUT2D eigenvalue weighted by Gasteiger charge is -2.45. The van der Waals surface area contributed by atoms with Gasteiger partial charge in [0.15, 0.2) is 0 Å². The van der Waals surface area contributed by atoms with Crippen molar-refractivity contribution in [2.45, 2.75) is 141 Å². The van der Waals surface area contributed by atoms with Crippen LogP contribution in [0, 0.1) is 23.2 Å². The minimum absolute atomic E-state index is 0.199. The Morgan fingerprint density at radius 1 is 1.05 bits per heavy atom. The first-order chi connectivity index (χ1) is 17.1. The Morgan fingerprint density at radius 3 is 2.41 bits per heavy atom. The van der Waals surface area contributed by atoms with Crippen LogP contribution in [-0.4, -0.2) is 55.0 Å². The van der Waals surface area contributed by atoms with Crippen molar-refractivity contribution in [1.82, 2.24) is 0 Å². The molecule has 3 rings (SSSR count). The van der Waals surface area contributed by atoms with E-state index in [-0.39, 0.29) is 5.41 Å². The maximum atomic E-state index is 10.6. The van der Waals surface area contributed by atoms with E-state index in [0.29, 0.717) is 37.0 Å². The normalized spacial score (nSPS) is 35.1. The van der Waals surface area contributed by atoms with Crippen LogP contribution in [-0.2, 0) is 0 Å². The minimum atomic E-state index is -1.10. The van der Waals surface area contributed by atoms with Crippen molar-refractivity contribution in [3.05, 3.63) is 35.5 Å². The summed E-state index contributed by atoms with van der Waals surface area (Å²) in [5.41, 5.74) is 1.62. The average Bonchev–Trinajstić information content (AvgIpc) is 3.13. The Hall–Kier alpha value is -0.980. The molecule has 3 fully saturated rings. The molecular weight excluding hydrogens is 464 g/mol. The smallest absolute Gasteiger partial charge is 0.0849 e. The number of fused-ring (bicyclic) bond motifs is 1. The largest absolute Gasteiger partial charge is 0.393 e. The molecule has 5 N–H and O–H groups in total. The van der Waals surface area contributed by atoms with Gasteiger partial charge in [-0.3, -0.25) is 0 Å². The SMILES string of the molecule is C=C1/C(=C\C=C2/CCC[C@@]3(C)C2CC[C@@H]3[C@@H](CCCC(C)(C)O)CC[C@@H](O)C(C)(C)O)C[C@@H](O)C[C@@H]1O. The van der Waals surface area contributed by atoms with E-state index in [2.05, 4.69) is 25.7 Å². The molecule has 5 nitrogen and oxygen atoms in total. The van der Waals surface area contributed by atoms with Crippen LogP contribution in [0.4, 0.5) is 0 Å². The number of aliphatic hydroxyl groups is 5. The van der Waals surface area contributed by atoms with Gasteiger partial charge in [0, 0.05) is 6.42 Å². The zero-order chi connectivity index (χ0) is 27.6. The van der Waals surface area contributed by atoms with Gasteiger partial charge in [0.2, 0.25) is 0 Å². The summed E-state index contributed by atoms with van der Waals surface area (Å²) < 4.78 is 0. The van der Waals surface area contributed by atoms with Crippen LogP contribution in [0.25, 0.3) is 0 Å². The second kappa shape index (κ2) is 12.0. The summed E-state index contributed by atoms with van der Waals surface area (Å²) in [7, 11) is 0. The monoisotopic (exact) mass is 518 g/mol. The van der Waals surface area contributed by atoms with Gasteiger partial charge in [-0.15, -0.1) is 0 Å². The Kier molecular flexibility index (Phi) is 9.94. The lowest BCUT2D eigenvalue weighted by molar-refractivity contribution is -0.0563. The summed E-state index contributed by atoms with van der Waals surface area (Å²) in [5.74, 6) is 1.53. The van der Waals surface area contributed by atoms with E-state index in [9.17, 15) is 25.5 Å². The van der Waals surface area contributed by atoms with Crippen LogP contribution in [0.1, 0.15) is 112 Å². The van der Waals surface area contributed by atoms with Crippen LogP contribution in [0.5, 0.6) is 0 Å². The summed E-state index contributed by atoms with van der Waals surface area (Å²) >= 11 is 0. The van der Waals surface area contributed by atoms with Crippen molar-refractivity contribution >= 4 is 0 Å². The quantitative estimate of drug-likeness (QED) is 0.259. The molecule has 3 saturated carbocycles. The molecule has 0 aromatic carbocycles. The van der Waals surface area contributed by atoms with Gasteiger partial charge in [0.1, 0.15) is 0 Å². The van der Waals surface area contributed by atoms with E-state index in [4.69, 9.17) is 0 Å². The fraction of sp³-hybridized carbons (Fsp3) is 0.812. The second-order valence-electron chi connectivity index (χ2n) is 13.9. The first kappa shape index (κ1) is 30.6. The molecule has 3 aliphatic rings. The van der Waals surface area contributed by atoms with Gasteiger partial charge >= 0.3 is 0 Å². The number of aliphatic hydroxyl groups excluding tert-OH is 3. The molecular formula is C32H54O5. The molecule has 0 saturated heterocycles. The fourth-order valence-electron chi connectivity index (χ4n) is 7.59. The second-order valence-corrected chi connectivity index (χ2v) is 13.9. The highest BCUT2D eigenvalue weighted by atomic mass is 16.3. The van der Waals surface area contributed by atoms with Crippen LogP contribution >= 0.6 is 0 Å². The zero-order valence-electron chi connectivity index (χ0n) is 24.0. The van der Waals surface area contributed by atoms with E-state index >= 15 is 0 Å². The molecule has 3 aliphatic carbocycles. The molecule has 5 heteroatoms. The molecule has 1 unspecified atom stereocenters. The van der Waals surface area contributed by atoms with Crippen molar-refractivity contribution in [2.75, 3.05) is 0 Å². The number of hydrogen-bond donors (Lipinski definition) is 5. The topological polar surface area (TPSA) is 101 Å². The van der Waals surface area contributed by atoms with E-state index in [1.54, 1.807) is 13.8 Å². The molecule has 0 spiro atoms. The van der Waals surface area contributed by atoms with E-state index in [1.165, 1.54) is 24.8 Å². The molecule has 37 heavy (non-hydrogen) atoms. The van der Waals surface area contributed by atoms with Crippen molar-refractivity contribution in [3.8, 4) is 0 Å². The summed E-state index contributed by atoms with van der Waals surface area (Å²) in [4.78, 5) is 0. The molecule has 0 heterocycles. The van der Waals surface area contributed by atoms with E-state index in [1.807, 2.05) is 13.8 Å². The van der Waals surface area contributed by atoms with Crippen molar-refractivity contribution in [1.29, 1.82) is 0 Å². The number of hydrogen-bond acceptors (Lipinski definition) is 5. The third-order valence-electron chi connectivity index (χ3n) is 9.86. The maximum absolute atomic E-state index is 10.6. The Morgan fingerprint density at radius 2 is 1.76 bits per heavy atom. The Balaban J connectivity index is 1.79. The first-order valence-corrected chi connectivity index (χ1v) is 14.7. The third-order valence-corrected chi connectivity index (χ3v) is 9.86. The predicted octanol–water partition coefficient (Wildman–Crippen LogP) is 5.60. The average molecular weight is 519 g/mol. The van der Waals surface area contributed by atoms with Gasteiger partial charge in [0.05, 0.1) is 29.5 Å².